The minimum absolute atomic E-state index is 0.162. The number of rotatable bonds is 9. The second kappa shape index (κ2) is 9.40. The van der Waals surface area contributed by atoms with E-state index in [4.69, 9.17) is 0 Å². The highest BCUT2D eigenvalue weighted by molar-refractivity contribution is 5.94. The molecule has 112 valence electrons. The number of anilines is 1. The van der Waals surface area contributed by atoms with Gasteiger partial charge < -0.3 is 10.2 Å². The molecule has 0 bridgehead atoms. The lowest BCUT2D eigenvalue weighted by atomic mass is 10.1. The molecule has 0 heterocycles. The minimum Gasteiger partial charge on any atom is -0.385 e. The zero-order valence-corrected chi connectivity index (χ0v) is 13.1. The van der Waals surface area contributed by atoms with Crippen molar-refractivity contribution in [2.75, 3.05) is 25.0 Å². The van der Waals surface area contributed by atoms with Gasteiger partial charge in [-0.15, -0.1) is 0 Å². The number of hydrogen-bond donors (Lipinski definition) is 1. The lowest BCUT2D eigenvalue weighted by Gasteiger charge is -2.22. The van der Waals surface area contributed by atoms with Crippen molar-refractivity contribution in [3.05, 3.63) is 29.8 Å². The van der Waals surface area contributed by atoms with Gasteiger partial charge in [0.1, 0.15) is 0 Å². The average molecular weight is 276 g/mol. The Balaban J connectivity index is 2.71. The monoisotopic (exact) mass is 276 g/mol. The van der Waals surface area contributed by atoms with Crippen molar-refractivity contribution in [1.82, 2.24) is 4.90 Å². The van der Waals surface area contributed by atoms with Crippen molar-refractivity contribution in [2.24, 2.45) is 0 Å². The summed E-state index contributed by atoms with van der Waals surface area (Å²) in [6.07, 6.45) is 4.39. The van der Waals surface area contributed by atoms with E-state index in [9.17, 15) is 4.79 Å². The lowest BCUT2D eigenvalue weighted by Crippen LogP contribution is -2.32. The molecule has 0 unspecified atom stereocenters. The average Bonchev–Trinajstić information content (AvgIpc) is 2.48. The number of unbranched alkanes of at least 4 members (excludes halogenated alkanes) is 2. The van der Waals surface area contributed by atoms with Crippen LogP contribution >= 0.6 is 0 Å². The number of carbonyl (C=O) groups excluding carboxylic acids is 1. The third-order valence-electron chi connectivity index (χ3n) is 3.36. The maximum absolute atomic E-state index is 12.5. The van der Waals surface area contributed by atoms with Crippen LogP contribution in [0, 0.1) is 0 Å². The van der Waals surface area contributed by atoms with Crippen molar-refractivity contribution < 1.29 is 4.79 Å². The predicted octanol–water partition coefficient (Wildman–Crippen LogP) is 4.16. The van der Waals surface area contributed by atoms with E-state index in [2.05, 4.69) is 26.1 Å². The highest BCUT2D eigenvalue weighted by Gasteiger charge is 2.14. The molecule has 0 spiro atoms. The maximum Gasteiger partial charge on any atom is 0.253 e. The number of carbonyl (C=O) groups is 1. The summed E-state index contributed by atoms with van der Waals surface area (Å²) in [5.74, 6) is 0.162. The van der Waals surface area contributed by atoms with Crippen LogP contribution in [0.1, 0.15) is 56.8 Å². The second-order valence-corrected chi connectivity index (χ2v) is 5.11. The van der Waals surface area contributed by atoms with E-state index in [0.29, 0.717) is 0 Å². The van der Waals surface area contributed by atoms with Crippen LogP contribution in [0.3, 0.4) is 0 Å². The topological polar surface area (TPSA) is 32.3 Å². The largest absolute Gasteiger partial charge is 0.385 e. The first-order chi connectivity index (χ1) is 9.72. The van der Waals surface area contributed by atoms with Gasteiger partial charge in [-0.3, -0.25) is 4.79 Å². The molecule has 0 atom stereocenters. The van der Waals surface area contributed by atoms with Gasteiger partial charge in [-0.05, 0) is 44.0 Å². The van der Waals surface area contributed by atoms with E-state index < -0.39 is 0 Å². The summed E-state index contributed by atoms with van der Waals surface area (Å²) in [4.78, 5) is 14.5. The molecule has 1 aromatic carbocycles. The van der Waals surface area contributed by atoms with Gasteiger partial charge in [0.2, 0.25) is 0 Å². The van der Waals surface area contributed by atoms with Crippen molar-refractivity contribution in [1.29, 1.82) is 0 Å². The highest BCUT2D eigenvalue weighted by atomic mass is 16.2. The fraction of sp³-hybridized carbons (Fsp3) is 0.588. The Morgan fingerprint density at radius 1 is 1.00 bits per heavy atom. The molecule has 0 aliphatic carbocycles. The molecule has 1 N–H and O–H groups in total. The Morgan fingerprint density at radius 2 is 1.55 bits per heavy atom. The molecule has 1 aromatic rings. The molecule has 1 rings (SSSR count). The summed E-state index contributed by atoms with van der Waals surface area (Å²) in [7, 11) is 0. The molecule has 20 heavy (non-hydrogen) atoms. The van der Waals surface area contributed by atoms with Gasteiger partial charge in [-0.2, -0.15) is 0 Å². The first-order valence-electron chi connectivity index (χ1n) is 7.86. The molecular weight excluding hydrogens is 248 g/mol. The number of nitrogens with zero attached hydrogens (tertiary/aromatic N) is 1. The molecular formula is C17H28N2O. The normalized spacial score (nSPS) is 10.3. The van der Waals surface area contributed by atoms with Crippen LogP contribution in [-0.4, -0.2) is 30.4 Å². The second-order valence-electron chi connectivity index (χ2n) is 5.11. The van der Waals surface area contributed by atoms with Crippen molar-refractivity contribution >= 4 is 11.6 Å². The fourth-order valence-electron chi connectivity index (χ4n) is 2.13. The van der Waals surface area contributed by atoms with Crippen molar-refractivity contribution in [3.63, 3.8) is 0 Å². The van der Waals surface area contributed by atoms with Crippen molar-refractivity contribution in [3.8, 4) is 0 Å². The van der Waals surface area contributed by atoms with Gasteiger partial charge in [0, 0.05) is 30.9 Å². The van der Waals surface area contributed by atoms with Crippen LogP contribution in [0.5, 0.6) is 0 Å². The zero-order valence-electron chi connectivity index (χ0n) is 13.1. The van der Waals surface area contributed by atoms with E-state index >= 15 is 0 Å². The summed E-state index contributed by atoms with van der Waals surface area (Å²) in [5.41, 5.74) is 1.86. The van der Waals surface area contributed by atoms with Crippen LogP contribution in [0.2, 0.25) is 0 Å². The Labute approximate surface area is 123 Å². The third-order valence-corrected chi connectivity index (χ3v) is 3.36. The van der Waals surface area contributed by atoms with E-state index in [1.54, 1.807) is 0 Å². The Bertz CT molecular complexity index is 378. The highest BCUT2D eigenvalue weighted by Crippen LogP contribution is 2.12. The standard InChI is InChI=1S/C17H28N2O/c1-4-7-13-19(14-8-5-2)17(20)15-9-11-16(12-10-15)18-6-3/h9-12,18H,4-8,13-14H2,1-3H3. The predicted molar refractivity (Wildman–Crippen MR) is 86.3 cm³/mol. The molecule has 0 aliphatic rings. The summed E-state index contributed by atoms with van der Waals surface area (Å²) in [6, 6.07) is 7.81. The first-order valence-corrected chi connectivity index (χ1v) is 7.86. The van der Waals surface area contributed by atoms with Crippen LogP contribution in [0.4, 0.5) is 5.69 Å². The third kappa shape index (κ3) is 5.24. The first kappa shape index (κ1) is 16.5. The summed E-state index contributed by atoms with van der Waals surface area (Å²) in [5, 5.41) is 3.25. The summed E-state index contributed by atoms with van der Waals surface area (Å²) < 4.78 is 0. The van der Waals surface area contributed by atoms with E-state index in [1.807, 2.05) is 29.2 Å². The van der Waals surface area contributed by atoms with E-state index in [-0.39, 0.29) is 5.91 Å². The maximum atomic E-state index is 12.5. The number of nitrogens with one attached hydrogen (secondary N) is 1. The quantitative estimate of drug-likeness (QED) is 0.734. The molecule has 3 nitrogen and oxygen atoms in total. The smallest absolute Gasteiger partial charge is 0.253 e. The van der Waals surface area contributed by atoms with Crippen molar-refractivity contribution in [2.45, 2.75) is 46.5 Å². The number of amides is 1. The molecule has 1 amide bonds. The Morgan fingerprint density at radius 3 is 2.00 bits per heavy atom. The SMILES string of the molecule is CCCCN(CCCC)C(=O)c1ccc(NCC)cc1. The van der Waals surface area contributed by atoms with Gasteiger partial charge in [0.25, 0.3) is 5.91 Å². The van der Waals surface area contributed by atoms with Gasteiger partial charge in [-0.1, -0.05) is 26.7 Å². The van der Waals surface area contributed by atoms with Crippen LogP contribution < -0.4 is 5.32 Å². The molecule has 0 saturated heterocycles. The van der Waals surface area contributed by atoms with Gasteiger partial charge in [0.05, 0.1) is 0 Å². The molecule has 0 aliphatic heterocycles. The molecule has 0 aromatic heterocycles. The van der Waals surface area contributed by atoms with Gasteiger partial charge in [0.15, 0.2) is 0 Å². The van der Waals surface area contributed by atoms with Gasteiger partial charge in [-0.25, -0.2) is 0 Å². The summed E-state index contributed by atoms with van der Waals surface area (Å²) >= 11 is 0. The Kier molecular flexibility index (Phi) is 7.78. The molecule has 0 radical (unpaired) electrons. The fourth-order valence-corrected chi connectivity index (χ4v) is 2.13. The van der Waals surface area contributed by atoms with Gasteiger partial charge >= 0.3 is 0 Å². The lowest BCUT2D eigenvalue weighted by molar-refractivity contribution is 0.0751. The van der Waals surface area contributed by atoms with E-state index in [1.165, 1.54) is 0 Å². The van der Waals surface area contributed by atoms with Crippen LogP contribution in [0.15, 0.2) is 24.3 Å². The van der Waals surface area contributed by atoms with Crippen LogP contribution in [0.25, 0.3) is 0 Å². The van der Waals surface area contributed by atoms with E-state index in [0.717, 1.165) is 56.6 Å². The summed E-state index contributed by atoms with van der Waals surface area (Å²) in [6.45, 7) is 9.01. The molecule has 0 fully saturated rings. The number of benzene rings is 1. The minimum atomic E-state index is 0.162. The zero-order chi connectivity index (χ0) is 14.8. The van der Waals surface area contributed by atoms with Crippen LogP contribution in [-0.2, 0) is 0 Å². The number of hydrogen-bond acceptors (Lipinski definition) is 2. The Hall–Kier alpha value is -1.51. The molecule has 3 heteroatoms. The molecule has 0 saturated carbocycles.